The maximum absolute atomic E-state index is 10.8. The molecule has 2 nitrogen and oxygen atoms in total. The number of carbonyl (C=O) groups excluding carboxylic acids is 1. The van der Waals surface area contributed by atoms with Gasteiger partial charge < -0.3 is 4.74 Å². The summed E-state index contributed by atoms with van der Waals surface area (Å²) in [4.78, 5) is 10.8. The molecule has 0 aromatic heterocycles. The van der Waals surface area contributed by atoms with Crippen molar-refractivity contribution < 1.29 is 9.53 Å². The summed E-state index contributed by atoms with van der Waals surface area (Å²) in [5.41, 5.74) is 0. The fourth-order valence-corrected chi connectivity index (χ4v) is 0.871. The molecular formula is C11H16O2. The Morgan fingerprint density at radius 2 is 2.38 bits per heavy atom. The lowest BCUT2D eigenvalue weighted by Gasteiger charge is -2.01. The summed E-state index contributed by atoms with van der Waals surface area (Å²) in [5, 5.41) is 0. The van der Waals surface area contributed by atoms with Crippen LogP contribution in [0.1, 0.15) is 26.7 Å². The number of hydrogen-bond donors (Lipinski definition) is 0. The van der Waals surface area contributed by atoms with Crippen LogP contribution in [0.25, 0.3) is 0 Å². The number of ether oxygens (including phenoxy) is 1. The van der Waals surface area contributed by atoms with E-state index < -0.39 is 0 Å². The third kappa shape index (κ3) is 7.14. The molecule has 0 aliphatic carbocycles. The van der Waals surface area contributed by atoms with Crippen LogP contribution in [0.4, 0.5) is 0 Å². The third-order valence-electron chi connectivity index (χ3n) is 1.55. The second-order valence-corrected chi connectivity index (χ2v) is 2.90. The molecule has 1 atom stereocenters. The maximum Gasteiger partial charge on any atom is 0.330 e. The van der Waals surface area contributed by atoms with Gasteiger partial charge in [0.25, 0.3) is 0 Å². The quantitative estimate of drug-likeness (QED) is 0.368. The summed E-state index contributed by atoms with van der Waals surface area (Å²) >= 11 is 0. The van der Waals surface area contributed by atoms with Crippen LogP contribution in [0.15, 0.2) is 12.2 Å². The minimum atomic E-state index is -0.282. The summed E-state index contributed by atoms with van der Waals surface area (Å²) in [6.07, 6.45) is 9.97. The molecule has 72 valence electrons. The minimum absolute atomic E-state index is 0.282. The molecule has 0 aliphatic heterocycles. The Bertz CT molecular complexity index is 211. The van der Waals surface area contributed by atoms with E-state index in [0.29, 0.717) is 12.5 Å². The lowest BCUT2D eigenvalue weighted by Crippen LogP contribution is -1.99. The van der Waals surface area contributed by atoms with E-state index in [4.69, 9.17) is 11.2 Å². The largest absolute Gasteiger partial charge is 0.463 e. The van der Waals surface area contributed by atoms with Gasteiger partial charge in [-0.15, -0.1) is 12.3 Å². The van der Waals surface area contributed by atoms with Gasteiger partial charge in [0.05, 0.1) is 6.61 Å². The number of rotatable bonds is 5. The summed E-state index contributed by atoms with van der Waals surface area (Å²) in [7, 11) is 0. The van der Waals surface area contributed by atoms with Gasteiger partial charge in [0.2, 0.25) is 0 Å². The molecule has 0 fully saturated rings. The van der Waals surface area contributed by atoms with Gasteiger partial charge in [-0.25, -0.2) is 4.79 Å². The minimum Gasteiger partial charge on any atom is -0.463 e. The van der Waals surface area contributed by atoms with E-state index in [-0.39, 0.29) is 5.97 Å². The van der Waals surface area contributed by atoms with Gasteiger partial charge in [-0.05, 0) is 19.3 Å². The Balaban J connectivity index is 3.62. The normalized spacial score (nSPS) is 12.4. The number of allylic oxidation sites excluding steroid dienone is 1. The van der Waals surface area contributed by atoms with Gasteiger partial charge in [0.15, 0.2) is 0 Å². The van der Waals surface area contributed by atoms with Crippen molar-refractivity contribution in [3.05, 3.63) is 12.2 Å². The Hall–Kier alpha value is -1.23. The summed E-state index contributed by atoms with van der Waals surface area (Å²) in [6, 6.07) is 0. The second kappa shape index (κ2) is 7.42. The Labute approximate surface area is 80.0 Å². The molecule has 0 radical (unpaired) electrons. The van der Waals surface area contributed by atoms with E-state index in [2.05, 4.69) is 12.8 Å². The van der Waals surface area contributed by atoms with Crippen molar-refractivity contribution in [1.82, 2.24) is 0 Å². The van der Waals surface area contributed by atoms with Crippen LogP contribution in [-0.4, -0.2) is 12.6 Å². The average molecular weight is 180 g/mol. The topological polar surface area (TPSA) is 26.3 Å². The zero-order chi connectivity index (χ0) is 10.1. The molecule has 0 aromatic carbocycles. The first-order valence-corrected chi connectivity index (χ1v) is 4.47. The van der Waals surface area contributed by atoms with E-state index in [1.807, 2.05) is 0 Å². The smallest absolute Gasteiger partial charge is 0.330 e. The lowest BCUT2D eigenvalue weighted by molar-refractivity contribution is -0.137. The maximum atomic E-state index is 10.8. The first-order valence-electron chi connectivity index (χ1n) is 4.47. The van der Waals surface area contributed by atoms with E-state index >= 15 is 0 Å². The lowest BCUT2D eigenvalue weighted by atomic mass is 10.0. The van der Waals surface area contributed by atoms with Gasteiger partial charge in [-0.3, -0.25) is 0 Å². The zero-order valence-corrected chi connectivity index (χ0v) is 8.25. The van der Waals surface area contributed by atoms with Crippen LogP contribution in [0.3, 0.4) is 0 Å². The van der Waals surface area contributed by atoms with Crippen molar-refractivity contribution in [3.63, 3.8) is 0 Å². The highest BCUT2D eigenvalue weighted by molar-refractivity contribution is 5.81. The van der Waals surface area contributed by atoms with E-state index in [1.165, 1.54) is 6.08 Å². The van der Waals surface area contributed by atoms with Gasteiger partial charge in [-0.1, -0.05) is 13.0 Å². The zero-order valence-electron chi connectivity index (χ0n) is 8.25. The molecule has 0 aliphatic rings. The molecule has 13 heavy (non-hydrogen) atoms. The highest BCUT2D eigenvalue weighted by Crippen LogP contribution is 2.06. The van der Waals surface area contributed by atoms with E-state index in [1.54, 1.807) is 13.0 Å². The number of hydrogen-bond acceptors (Lipinski definition) is 2. The highest BCUT2D eigenvalue weighted by atomic mass is 16.5. The molecule has 0 saturated carbocycles. The van der Waals surface area contributed by atoms with Crippen LogP contribution >= 0.6 is 0 Å². The van der Waals surface area contributed by atoms with Crippen molar-refractivity contribution in [3.8, 4) is 12.3 Å². The second-order valence-electron chi connectivity index (χ2n) is 2.90. The Morgan fingerprint density at radius 1 is 1.69 bits per heavy atom. The molecule has 0 rings (SSSR count). The van der Waals surface area contributed by atoms with Crippen LogP contribution in [0, 0.1) is 18.3 Å². The molecule has 0 spiro atoms. The van der Waals surface area contributed by atoms with E-state index in [0.717, 1.165) is 12.8 Å². The van der Waals surface area contributed by atoms with Crippen molar-refractivity contribution in [2.24, 2.45) is 5.92 Å². The predicted molar refractivity (Wildman–Crippen MR) is 53.0 cm³/mol. The summed E-state index contributed by atoms with van der Waals surface area (Å²) in [5.74, 6) is 2.73. The van der Waals surface area contributed by atoms with Crippen molar-refractivity contribution in [2.45, 2.75) is 26.7 Å². The summed E-state index contributed by atoms with van der Waals surface area (Å²) in [6.45, 7) is 4.26. The van der Waals surface area contributed by atoms with Crippen molar-refractivity contribution in [1.29, 1.82) is 0 Å². The van der Waals surface area contributed by atoms with Crippen LogP contribution in [0.5, 0.6) is 0 Å². The van der Waals surface area contributed by atoms with Gasteiger partial charge in [-0.2, -0.15) is 0 Å². The van der Waals surface area contributed by atoms with E-state index in [9.17, 15) is 4.79 Å². The Morgan fingerprint density at radius 3 is 2.92 bits per heavy atom. The standard InChI is InChI=1S/C11H16O2/c1-4-7-10(3)8-6-9-11(12)13-5-2/h1,6,9-10H,5,7-8H2,2-3H3/b9-6+/t10-/m1/s1. The first kappa shape index (κ1) is 11.8. The number of terminal acetylenes is 1. The van der Waals surface area contributed by atoms with Crippen molar-refractivity contribution >= 4 is 5.97 Å². The summed E-state index contributed by atoms with van der Waals surface area (Å²) < 4.78 is 4.72. The highest BCUT2D eigenvalue weighted by Gasteiger charge is 1.97. The molecule has 2 heteroatoms. The number of carbonyl (C=O) groups is 1. The van der Waals surface area contributed by atoms with Gasteiger partial charge in [0, 0.05) is 12.5 Å². The molecule has 0 N–H and O–H groups in total. The fraction of sp³-hybridized carbons (Fsp3) is 0.545. The molecule has 0 bridgehead atoms. The van der Waals surface area contributed by atoms with Crippen LogP contribution < -0.4 is 0 Å². The molecular weight excluding hydrogens is 164 g/mol. The van der Waals surface area contributed by atoms with Gasteiger partial charge in [0.1, 0.15) is 0 Å². The van der Waals surface area contributed by atoms with Gasteiger partial charge >= 0.3 is 5.97 Å². The van der Waals surface area contributed by atoms with Crippen LogP contribution in [0.2, 0.25) is 0 Å². The molecule has 0 aromatic rings. The average Bonchev–Trinajstić information content (AvgIpc) is 2.05. The first-order chi connectivity index (χ1) is 6.20. The van der Waals surface area contributed by atoms with Crippen molar-refractivity contribution in [2.75, 3.05) is 6.61 Å². The number of esters is 1. The Kier molecular flexibility index (Phi) is 6.72. The third-order valence-corrected chi connectivity index (χ3v) is 1.55. The van der Waals surface area contributed by atoms with Crippen LogP contribution in [-0.2, 0) is 9.53 Å². The predicted octanol–water partition coefficient (Wildman–Crippen LogP) is 2.16. The molecule has 0 saturated heterocycles. The SMILES string of the molecule is C#CC[C@@H](C)C/C=C/C(=O)OCC. The molecule has 0 heterocycles. The fourth-order valence-electron chi connectivity index (χ4n) is 0.871. The molecule has 0 amide bonds. The monoisotopic (exact) mass is 180 g/mol. The molecule has 0 unspecified atom stereocenters.